The Bertz CT molecular complexity index is 1070. The maximum Gasteiger partial charge on any atom is 0.227 e. The van der Waals surface area contributed by atoms with Crippen LogP contribution in [0.15, 0.2) is 59.9 Å². The largest absolute Gasteiger partial charge is 0.369 e. The minimum absolute atomic E-state index is 0.172. The number of fused-ring (bicyclic) bond motifs is 1. The Morgan fingerprint density at radius 2 is 1.89 bits per heavy atom. The first kappa shape index (κ1) is 17.4. The Balaban J connectivity index is 1.60. The zero-order valence-electron chi connectivity index (χ0n) is 14.6. The predicted octanol–water partition coefficient (Wildman–Crippen LogP) is 3.05. The number of primary amides is 1. The van der Waals surface area contributed by atoms with Crippen molar-refractivity contribution in [2.45, 2.75) is 18.0 Å². The number of thioether (sulfide) groups is 1. The molecule has 4 N–H and O–H groups in total. The maximum atomic E-state index is 10.9. The van der Waals surface area contributed by atoms with Crippen LogP contribution in [0.4, 0.5) is 0 Å². The van der Waals surface area contributed by atoms with Crippen molar-refractivity contribution in [3.05, 3.63) is 77.2 Å². The van der Waals surface area contributed by atoms with Crippen LogP contribution in [0.3, 0.4) is 0 Å². The Morgan fingerprint density at radius 3 is 2.70 bits per heavy atom. The zero-order chi connectivity index (χ0) is 18.6. The molecular weight excluding hydrogens is 358 g/mol. The number of nitrogens with zero attached hydrogens (tertiary/aromatic N) is 2. The quantitative estimate of drug-likeness (QED) is 0.431. The smallest absolute Gasteiger partial charge is 0.227 e. The summed E-state index contributed by atoms with van der Waals surface area (Å²) in [5, 5.41) is 8.86. The summed E-state index contributed by atoms with van der Waals surface area (Å²) < 4.78 is 0. The fourth-order valence-electron chi connectivity index (χ4n) is 3.18. The molecule has 0 unspecified atom stereocenters. The van der Waals surface area contributed by atoms with Crippen molar-refractivity contribution in [3.8, 4) is 0 Å². The molecule has 0 atom stereocenters. The van der Waals surface area contributed by atoms with E-state index in [2.05, 4.69) is 62.6 Å². The lowest BCUT2D eigenvalue weighted by Crippen LogP contribution is -2.13. The molecule has 27 heavy (non-hydrogen) atoms. The number of H-pyrrole nitrogens is 2. The summed E-state index contributed by atoms with van der Waals surface area (Å²) >= 11 is 1.23. The van der Waals surface area contributed by atoms with Gasteiger partial charge in [0.2, 0.25) is 11.1 Å². The standard InChI is InChI=1S/C20H19N5OS/c21-17(26)12-27-20-23-18(24-25-20)10-15-11-22-16-8-4-7-14(19(15)16)9-13-5-2-1-3-6-13/h1-8,11,22H,9-10,12H2,(H2,21,26)(H,23,24,25). The van der Waals surface area contributed by atoms with Crippen LogP contribution in [-0.4, -0.2) is 31.8 Å². The second-order valence-corrected chi connectivity index (χ2v) is 7.25. The molecule has 0 aliphatic rings. The van der Waals surface area contributed by atoms with Gasteiger partial charge >= 0.3 is 0 Å². The molecule has 2 aromatic carbocycles. The molecule has 0 spiro atoms. The first-order valence-electron chi connectivity index (χ1n) is 8.63. The van der Waals surface area contributed by atoms with Gasteiger partial charge in [0, 0.05) is 23.5 Å². The highest BCUT2D eigenvalue weighted by Gasteiger charge is 2.12. The van der Waals surface area contributed by atoms with Crippen LogP contribution in [0, 0.1) is 0 Å². The van der Waals surface area contributed by atoms with Gasteiger partial charge in [0.15, 0.2) is 0 Å². The summed E-state index contributed by atoms with van der Waals surface area (Å²) in [6.45, 7) is 0. The third-order valence-electron chi connectivity index (χ3n) is 4.32. The Hall–Kier alpha value is -3.06. The Morgan fingerprint density at radius 1 is 1.04 bits per heavy atom. The molecule has 2 heterocycles. The van der Waals surface area contributed by atoms with Gasteiger partial charge in [0.05, 0.1) is 5.75 Å². The minimum atomic E-state index is -0.381. The number of hydrogen-bond acceptors (Lipinski definition) is 4. The van der Waals surface area contributed by atoms with E-state index in [-0.39, 0.29) is 11.7 Å². The monoisotopic (exact) mass is 377 g/mol. The first-order chi connectivity index (χ1) is 13.2. The van der Waals surface area contributed by atoms with Crippen LogP contribution in [0.1, 0.15) is 22.5 Å². The predicted molar refractivity (Wildman–Crippen MR) is 107 cm³/mol. The van der Waals surface area contributed by atoms with Gasteiger partial charge in [0.1, 0.15) is 5.82 Å². The molecule has 0 saturated carbocycles. The molecule has 0 radical (unpaired) electrons. The summed E-state index contributed by atoms with van der Waals surface area (Å²) in [6.07, 6.45) is 3.53. The van der Waals surface area contributed by atoms with Crippen LogP contribution in [0.2, 0.25) is 0 Å². The van der Waals surface area contributed by atoms with Crippen LogP contribution in [0.25, 0.3) is 10.9 Å². The fraction of sp³-hybridized carbons (Fsp3) is 0.150. The lowest BCUT2D eigenvalue weighted by Gasteiger charge is -2.06. The number of rotatable bonds is 7. The van der Waals surface area contributed by atoms with E-state index in [1.807, 2.05) is 12.3 Å². The molecule has 1 amide bonds. The summed E-state index contributed by atoms with van der Waals surface area (Å²) in [4.78, 5) is 18.7. The number of carbonyl (C=O) groups is 1. The van der Waals surface area contributed by atoms with Crippen LogP contribution < -0.4 is 5.73 Å². The van der Waals surface area contributed by atoms with Crippen LogP contribution in [-0.2, 0) is 17.6 Å². The molecular formula is C20H19N5OS. The molecule has 7 heteroatoms. The number of hydrogen-bond donors (Lipinski definition) is 3. The highest BCUT2D eigenvalue weighted by molar-refractivity contribution is 7.99. The van der Waals surface area contributed by atoms with Gasteiger partial charge in [-0.3, -0.25) is 9.89 Å². The van der Waals surface area contributed by atoms with E-state index in [9.17, 15) is 4.79 Å². The molecule has 0 bridgehead atoms. The third kappa shape index (κ3) is 4.03. The normalized spacial score (nSPS) is 11.1. The van der Waals surface area contributed by atoms with E-state index in [4.69, 9.17) is 5.73 Å². The highest BCUT2D eigenvalue weighted by atomic mass is 32.2. The summed E-state index contributed by atoms with van der Waals surface area (Å²) in [7, 11) is 0. The van der Waals surface area contributed by atoms with Gasteiger partial charge in [-0.05, 0) is 29.2 Å². The van der Waals surface area contributed by atoms with E-state index < -0.39 is 0 Å². The van der Waals surface area contributed by atoms with E-state index >= 15 is 0 Å². The molecule has 2 aromatic heterocycles. The van der Waals surface area contributed by atoms with E-state index in [1.54, 1.807) is 0 Å². The first-order valence-corrected chi connectivity index (χ1v) is 9.62. The second-order valence-electron chi connectivity index (χ2n) is 6.31. The number of nitrogens with one attached hydrogen (secondary N) is 2. The third-order valence-corrected chi connectivity index (χ3v) is 5.19. The van der Waals surface area contributed by atoms with Crippen molar-refractivity contribution < 1.29 is 4.79 Å². The topological polar surface area (TPSA) is 100 Å². The number of aromatic amines is 2. The number of benzene rings is 2. The van der Waals surface area contributed by atoms with Crippen molar-refractivity contribution in [1.29, 1.82) is 0 Å². The van der Waals surface area contributed by atoms with Crippen molar-refractivity contribution in [2.24, 2.45) is 5.73 Å². The fourth-order valence-corrected chi connectivity index (χ4v) is 3.73. The van der Waals surface area contributed by atoms with Gasteiger partial charge in [-0.25, -0.2) is 4.98 Å². The van der Waals surface area contributed by atoms with Crippen LogP contribution in [0.5, 0.6) is 0 Å². The van der Waals surface area contributed by atoms with Gasteiger partial charge < -0.3 is 10.7 Å². The number of nitrogens with two attached hydrogens (primary N) is 1. The SMILES string of the molecule is NC(=O)CSc1n[nH]c(Cc2c[nH]c3cccc(Cc4ccccc4)c23)n1. The van der Waals surface area contributed by atoms with Crippen LogP contribution >= 0.6 is 11.8 Å². The lowest BCUT2D eigenvalue weighted by atomic mass is 9.98. The molecule has 0 fully saturated rings. The minimum Gasteiger partial charge on any atom is -0.369 e. The number of aromatic nitrogens is 4. The summed E-state index contributed by atoms with van der Waals surface area (Å²) in [5.41, 5.74) is 10.0. The second kappa shape index (κ2) is 7.67. The van der Waals surface area contributed by atoms with Gasteiger partial charge in [-0.1, -0.05) is 54.2 Å². The molecule has 4 aromatic rings. The zero-order valence-corrected chi connectivity index (χ0v) is 15.4. The molecule has 4 rings (SSSR count). The van der Waals surface area contributed by atoms with Crippen molar-refractivity contribution in [1.82, 2.24) is 20.2 Å². The lowest BCUT2D eigenvalue weighted by molar-refractivity contribution is -0.115. The highest BCUT2D eigenvalue weighted by Crippen LogP contribution is 2.26. The average molecular weight is 377 g/mol. The average Bonchev–Trinajstić information content (AvgIpc) is 3.29. The molecule has 136 valence electrons. The molecule has 6 nitrogen and oxygen atoms in total. The van der Waals surface area contributed by atoms with Crippen molar-refractivity contribution in [3.63, 3.8) is 0 Å². The Kier molecular flexibility index (Phi) is 4.93. The van der Waals surface area contributed by atoms with Gasteiger partial charge in [0.25, 0.3) is 0 Å². The maximum absolute atomic E-state index is 10.9. The molecule has 0 aliphatic heterocycles. The van der Waals surface area contributed by atoms with Crippen molar-refractivity contribution in [2.75, 3.05) is 5.75 Å². The molecule has 0 saturated heterocycles. The molecule has 0 aliphatic carbocycles. The van der Waals surface area contributed by atoms with E-state index in [1.165, 1.54) is 33.8 Å². The Labute approximate surface area is 160 Å². The summed E-state index contributed by atoms with van der Waals surface area (Å²) in [5.74, 6) is 0.553. The van der Waals surface area contributed by atoms with E-state index in [0.29, 0.717) is 11.6 Å². The van der Waals surface area contributed by atoms with Gasteiger partial charge in [-0.2, -0.15) is 0 Å². The summed E-state index contributed by atoms with van der Waals surface area (Å²) in [6, 6.07) is 16.8. The number of amides is 1. The van der Waals surface area contributed by atoms with Crippen molar-refractivity contribution >= 4 is 28.6 Å². The van der Waals surface area contributed by atoms with Gasteiger partial charge in [-0.15, -0.1) is 5.10 Å². The number of carbonyl (C=O) groups excluding carboxylic acids is 1. The van der Waals surface area contributed by atoms with E-state index in [0.717, 1.165) is 17.8 Å².